The van der Waals surface area contributed by atoms with Gasteiger partial charge in [-0.05, 0) is 34.6 Å². The average Bonchev–Trinajstić information content (AvgIpc) is 1.79. The molecule has 1 rings (SSSR count). The molecule has 0 radical (unpaired) electrons. The second-order valence-corrected chi connectivity index (χ2v) is 5.15. The van der Waals surface area contributed by atoms with Crippen molar-refractivity contribution in [3.05, 3.63) is 0 Å². The van der Waals surface area contributed by atoms with Crippen LogP contribution in [0.1, 0.15) is 34.6 Å². The van der Waals surface area contributed by atoms with E-state index in [1.54, 1.807) is 6.92 Å². The van der Waals surface area contributed by atoms with Crippen LogP contribution in [0.3, 0.4) is 0 Å². The smallest absolute Gasteiger partial charge is 0.175 e. The maximum atomic E-state index is 9.81. The summed E-state index contributed by atoms with van der Waals surface area (Å²) in [5, 5.41) is 9.81. The van der Waals surface area contributed by atoms with Crippen molar-refractivity contribution in [3.8, 4) is 0 Å². The summed E-state index contributed by atoms with van der Waals surface area (Å²) >= 11 is 0. The van der Waals surface area contributed by atoms with E-state index in [1.807, 2.05) is 6.92 Å². The van der Waals surface area contributed by atoms with Gasteiger partial charge in [-0.2, -0.15) is 0 Å². The topological polar surface area (TPSA) is 32.7 Å². The van der Waals surface area contributed by atoms with Gasteiger partial charge in [-0.15, -0.1) is 0 Å². The number of β-amino-alcohol motifs (C(OH)–C–C–N with tert-alkyl or cyclic N) is 1. The molecule has 1 aliphatic heterocycles. The van der Waals surface area contributed by atoms with E-state index < -0.39 is 5.79 Å². The zero-order valence-electron chi connectivity index (χ0n) is 9.29. The summed E-state index contributed by atoms with van der Waals surface area (Å²) in [7, 11) is 0. The van der Waals surface area contributed by atoms with Crippen molar-refractivity contribution in [3.63, 3.8) is 0 Å². The Morgan fingerprint density at radius 3 is 2.38 bits per heavy atom. The minimum Gasteiger partial charge on any atom is -0.365 e. The van der Waals surface area contributed by atoms with E-state index in [2.05, 4.69) is 25.7 Å². The number of hydrogen-bond acceptors (Lipinski definition) is 3. The molecule has 3 heteroatoms. The molecule has 1 saturated heterocycles. The second-order valence-electron chi connectivity index (χ2n) is 5.15. The molecule has 0 amide bonds. The molecule has 2 atom stereocenters. The molecule has 0 aromatic carbocycles. The summed E-state index contributed by atoms with van der Waals surface area (Å²) in [5.74, 6) is -0.995. The predicted molar refractivity (Wildman–Crippen MR) is 52.5 cm³/mol. The van der Waals surface area contributed by atoms with Crippen LogP contribution in [0.25, 0.3) is 0 Å². The maximum Gasteiger partial charge on any atom is 0.175 e. The van der Waals surface area contributed by atoms with Crippen LogP contribution in [0.2, 0.25) is 0 Å². The molecule has 0 saturated carbocycles. The van der Waals surface area contributed by atoms with E-state index in [1.165, 1.54) is 0 Å². The van der Waals surface area contributed by atoms with Gasteiger partial charge in [-0.3, -0.25) is 4.90 Å². The van der Waals surface area contributed by atoms with Crippen molar-refractivity contribution in [1.82, 2.24) is 4.90 Å². The Balaban J connectivity index is 2.69. The first kappa shape index (κ1) is 11.0. The third kappa shape index (κ3) is 2.93. The highest BCUT2D eigenvalue weighted by atomic mass is 16.6. The van der Waals surface area contributed by atoms with E-state index in [-0.39, 0.29) is 11.6 Å². The third-order valence-electron chi connectivity index (χ3n) is 2.37. The van der Waals surface area contributed by atoms with Crippen molar-refractivity contribution in [2.24, 2.45) is 0 Å². The lowest BCUT2D eigenvalue weighted by Gasteiger charge is -2.46. The van der Waals surface area contributed by atoms with Gasteiger partial charge in [0.05, 0.1) is 12.6 Å². The number of aliphatic hydroxyl groups is 1. The molecule has 78 valence electrons. The standard InChI is InChI=1S/C10H21NO2/c1-8-6-11(9(2,3)4)7-10(5,12)13-8/h8,12H,6-7H2,1-5H3/t8-,10+/m1/s1. The van der Waals surface area contributed by atoms with Crippen molar-refractivity contribution < 1.29 is 9.84 Å². The van der Waals surface area contributed by atoms with Crippen LogP contribution in [0.15, 0.2) is 0 Å². The van der Waals surface area contributed by atoms with Crippen LogP contribution in [-0.4, -0.2) is 40.5 Å². The van der Waals surface area contributed by atoms with Gasteiger partial charge in [0.25, 0.3) is 0 Å². The summed E-state index contributed by atoms with van der Waals surface area (Å²) < 4.78 is 5.41. The first-order valence-electron chi connectivity index (χ1n) is 4.86. The molecule has 1 heterocycles. The molecule has 1 fully saturated rings. The normalized spacial score (nSPS) is 37.8. The highest BCUT2D eigenvalue weighted by molar-refractivity contribution is 4.85. The Hall–Kier alpha value is -0.120. The van der Waals surface area contributed by atoms with Gasteiger partial charge >= 0.3 is 0 Å². The fourth-order valence-corrected chi connectivity index (χ4v) is 1.75. The summed E-state index contributed by atoms with van der Waals surface area (Å²) in [6.45, 7) is 11.7. The minimum atomic E-state index is -0.995. The number of ether oxygens (including phenoxy) is 1. The lowest BCUT2D eigenvalue weighted by atomic mass is 10.0. The van der Waals surface area contributed by atoms with E-state index in [0.717, 1.165) is 6.54 Å². The number of rotatable bonds is 0. The van der Waals surface area contributed by atoms with Gasteiger partial charge in [0.2, 0.25) is 0 Å². The molecule has 0 spiro atoms. The monoisotopic (exact) mass is 187 g/mol. The van der Waals surface area contributed by atoms with Gasteiger partial charge in [0, 0.05) is 12.1 Å². The highest BCUT2D eigenvalue weighted by Gasteiger charge is 2.37. The molecular weight excluding hydrogens is 166 g/mol. The Morgan fingerprint density at radius 1 is 1.46 bits per heavy atom. The first-order chi connectivity index (χ1) is 5.71. The van der Waals surface area contributed by atoms with Gasteiger partial charge in [-0.25, -0.2) is 0 Å². The van der Waals surface area contributed by atoms with Crippen LogP contribution in [0, 0.1) is 0 Å². The zero-order valence-corrected chi connectivity index (χ0v) is 9.29. The molecule has 1 N–H and O–H groups in total. The Morgan fingerprint density at radius 2 is 2.00 bits per heavy atom. The van der Waals surface area contributed by atoms with Crippen molar-refractivity contribution in [2.75, 3.05) is 13.1 Å². The lowest BCUT2D eigenvalue weighted by Crippen LogP contribution is -2.58. The second kappa shape index (κ2) is 3.23. The summed E-state index contributed by atoms with van der Waals surface area (Å²) in [5.41, 5.74) is 0.0992. The van der Waals surface area contributed by atoms with E-state index in [0.29, 0.717) is 6.54 Å². The maximum absolute atomic E-state index is 9.81. The highest BCUT2D eigenvalue weighted by Crippen LogP contribution is 2.24. The van der Waals surface area contributed by atoms with Gasteiger partial charge < -0.3 is 9.84 Å². The molecule has 13 heavy (non-hydrogen) atoms. The molecule has 3 nitrogen and oxygen atoms in total. The number of hydrogen-bond donors (Lipinski definition) is 1. The SMILES string of the molecule is C[C@@H]1CN(C(C)(C)C)C[C@@](C)(O)O1. The largest absolute Gasteiger partial charge is 0.365 e. The van der Waals surface area contributed by atoms with Crippen molar-refractivity contribution in [2.45, 2.75) is 52.0 Å². The van der Waals surface area contributed by atoms with E-state index in [4.69, 9.17) is 4.74 Å². The minimum absolute atomic E-state index is 0.0992. The molecular formula is C10H21NO2. The van der Waals surface area contributed by atoms with Crippen LogP contribution in [-0.2, 0) is 4.74 Å². The molecule has 0 unspecified atom stereocenters. The van der Waals surface area contributed by atoms with Crippen molar-refractivity contribution in [1.29, 1.82) is 0 Å². The fourth-order valence-electron chi connectivity index (χ4n) is 1.75. The Kier molecular flexibility index (Phi) is 2.72. The average molecular weight is 187 g/mol. The van der Waals surface area contributed by atoms with Crippen LogP contribution >= 0.6 is 0 Å². The van der Waals surface area contributed by atoms with Crippen LogP contribution in [0.5, 0.6) is 0 Å². The summed E-state index contributed by atoms with van der Waals surface area (Å²) in [6, 6.07) is 0. The summed E-state index contributed by atoms with van der Waals surface area (Å²) in [4.78, 5) is 2.25. The number of nitrogens with zero attached hydrogens (tertiary/aromatic N) is 1. The molecule has 1 aliphatic rings. The van der Waals surface area contributed by atoms with Crippen molar-refractivity contribution >= 4 is 0 Å². The van der Waals surface area contributed by atoms with Crippen LogP contribution in [0.4, 0.5) is 0 Å². The molecule has 0 aromatic rings. The summed E-state index contributed by atoms with van der Waals surface area (Å²) in [6.07, 6.45) is 0.1000. The predicted octanol–water partition coefficient (Wildman–Crippen LogP) is 1.21. The quantitative estimate of drug-likeness (QED) is 0.619. The first-order valence-corrected chi connectivity index (χ1v) is 4.86. The molecule has 0 aliphatic carbocycles. The van der Waals surface area contributed by atoms with Gasteiger partial charge in [0.1, 0.15) is 0 Å². The van der Waals surface area contributed by atoms with E-state index in [9.17, 15) is 5.11 Å². The Bertz CT molecular complexity index is 184. The third-order valence-corrected chi connectivity index (χ3v) is 2.37. The van der Waals surface area contributed by atoms with Gasteiger partial charge in [-0.1, -0.05) is 0 Å². The van der Waals surface area contributed by atoms with Crippen LogP contribution < -0.4 is 0 Å². The lowest BCUT2D eigenvalue weighted by molar-refractivity contribution is -0.261. The molecule has 0 bridgehead atoms. The van der Waals surface area contributed by atoms with E-state index >= 15 is 0 Å². The Labute approximate surface area is 80.7 Å². The molecule has 0 aromatic heterocycles. The fraction of sp³-hybridized carbons (Fsp3) is 1.00. The number of morpholine rings is 1. The van der Waals surface area contributed by atoms with Gasteiger partial charge in [0.15, 0.2) is 5.79 Å². The zero-order chi connectivity index (χ0) is 10.3.